The second kappa shape index (κ2) is 9.64. The smallest absolute Gasteiger partial charge is 0.282 e. The maximum absolute atomic E-state index is 13.0. The number of hydrogen-bond acceptors (Lipinski definition) is 5. The van der Waals surface area contributed by atoms with Crippen molar-refractivity contribution in [2.45, 2.75) is 51.7 Å². The van der Waals surface area contributed by atoms with E-state index < -0.39 is 10.2 Å². The van der Waals surface area contributed by atoms with Crippen LogP contribution in [0.3, 0.4) is 0 Å². The SMILES string of the molecule is COc1cc(CCC2CCN(S(=O)(=O)N3C[C@@H](C)O[C@@H](C)C3)CC2)cc(OC)c1. The average molecular weight is 427 g/mol. The summed E-state index contributed by atoms with van der Waals surface area (Å²) in [5.74, 6) is 2.13. The van der Waals surface area contributed by atoms with Crippen molar-refractivity contribution in [3.63, 3.8) is 0 Å². The van der Waals surface area contributed by atoms with Crippen molar-refractivity contribution in [1.29, 1.82) is 0 Å². The number of ether oxygens (including phenoxy) is 3. The summed E-state index contributed by atoms with van der Waals surface area (Å²) in [6, 6.07) is 5.96. The highest BCUT2D eigenvalue weighted by Gasteiger charge is 2.36. The molecule has 2 saturated heterocycles. The molecule has 0 aromatic heterocycles. The zero-order chi connectivity index (χ0) is 21.0. The topological polar surface area (TPSA) is 68.3 Å². The highest BCUT2D eigenvalue weighted by Crippen LogP contribution is 2.28. The minimum absolute atomic E-state index is 0.0640. The third-order valence-corrected chi connectivity index (χ3v) is 7.83. The normalized spacial score (nSPS) is 25.1. The van der Waals surface area contributed by atoms with E-state index in [-0.39, 0.29) is 12.2 Å². The maximum Gasteiger partial charge on any atom is 0.282 e. The summed E-state index contributed by atoms with van der Waals surface area (Å²) in [5, 5.41) is 0. The van der Waals surface area contributed by atoms with Crippen molar-refractivity contribution >= 4 is 10.2 Å². The van der Waals surface area contributed by atoms with E-state index in [0.29, 0.717) is 32.1 Å². The summed E-state index contributed by atoms with van der Waals surface area (Å²) in [6.07, 6.45) is 3.64. The third-order valence-electron chi connectivity index (χ3n) is 5.86. The molecule has 3 rings (SSSR count). The molecule has 164 valence electrons. The monoisotopic (exact) mass is 426 g/mol. The van der Waals surface area contributed by atoms with E-state index in [1.807, 2.05) is 32.0 Å². The fourth-order valence-corrected chi connectivity index (χ4v) is 6.09. The van der Waals surface area contributed by atoms with Gasteiger partial charge in [-0.1, -0.05) is 0 Å². The Morgan fingerprint density at radius 3 is 2.03 bits per heavy atom. The number of benzene rings is 1. The zero-order valence-corrected chi connectivity index (χ0v) is 18.8. The van der Waals surface area contributed by atoms with E-state index in [9.17, 15) is 8.42 Å². The van der Waals surface area contributed by atoms with Crippen LogP contribution < -0.4 is 9.47 Å². The fourth-order valence-electron chi connectivity index (χ4n) is 4.29. The van der Waals surface area contributed by atoms with Gasteiger partial charge in [-0.2, -0.15) is 17.0 Å². The lowest BCUT2D eigenvalue weighted by atomic mass is 9.91. The number of hydrogen-bond donors (Lipinski definition) is 0. The molecule has 2 aliphatic rings. The average Bonchev–Trinajstić information content (AvgIpc) is 2.71. The Hall–Kier alpha value is -1.35. The van der Waals surface area contributed by atoms with Crippen LogP contribution in [0.4, 0.5) is 0 Å². The molecule has 2 fully saturated rings. The highest BCUT2D eigenvalue weighted by atomic mass is 32.2. The lowest BCUT2D eigenvalue weighted by molar-refractivity contribution is -0.0456. The second-order valence-corrected chi connectivity index (χ2v) is 10.1. The molecule has 29 heavy (non-hydrogen) atoms. The number of aryl methyl sites for hydroxylation is 1. The van der Waals surface area contributed by atoms with Gasteiger partial charge in [0.2, 0.25) is 0 Å². The molecule has 1 aromatic rings. The molecular formula is C21H34N2O5S. The molecule has 1 aromatic carbocycles. The van der Waals surface area contributed by atoms with Gasteiger partial charge in [0, 0.05) is 32.2 Å². The summed E-state index contributed by atoms with van der Waals surface area (Å²) in [6.45, 7) is 5.91. The molecule has 2 aliphatic heterocycles. The van der Waals surface area contributed by atoms with Crippen LogP contribution in [0.5, 0.6) is 11.5 Å². The first kappa shape index (κ1) is 22.3. The predicted octanol–water partition coefficient (Wildman–Crippen LogP) is 2.70. The molecular weight excluding hydrogens is 392 g/mol. The van der Waals surface area contributed by atoms with Gasteiger partial charge in [0.1, 0.15) is 11.5 Å². The van der Waals surface area contributed by atoms with Gasteiger partial charge >= 0.3 is 0 Å². The largest absolute Gasteiger partial charge is 0.497 e. The maximum atomic E-state index is 13.0. The van der Waals surface area contributed by atoms with E-state index >= 15 is 0 Å². The second-order valence-electron chi connectivity index (χ2n) is 8.18. The van der Waals surface area contributed by atoms with Gasteiger partial charge in [-0.05, 0) is 63.1 Å². The van der Waals surface area contributed by atoms with Gasteiger partial charge in [-0.3, -0.25) is 0 Å². The van der Waals surface area contributed by atoms with E-state index in [1.54, 1.807) is 22.8 Å². The fraction of sp³-hybridized carbons (Fsp3) is 0.714. The summed E-state index contributed by atoms with van der Waals surface area (Å²) >= 11 is 0. The minimum atomic E-state index is -3.41. The molecule has 2 heterocycles. The van der Waals surface area contributed by atoms with Crippen LogP contribution in [0, 0.1) is 5.92 Å². The third kappa shape index (κ3) is 5.63. The summed E-state index contributed by atoms with van der Waals surface area (Å²) in [4.78, 5) is 0. The molecule has 0 spiro atoms. The number of morpholine rings is 1. The Bertz CT molecular complexity index is 745. The van der Waals surface area contributed by atoms with Crippen LogP contribution in [0.15, 0.2) is 18.2 Å². The van der Waals surface area contributed by atoms with Crippen LogP contribution in [-0.4, -0.2) is 69.6 Å². The lowest BCUT2D eigenvalue weighted by Gasteiger charge is -2.39. The lowest BCUT2D eigenvalue weighted by Crippen LogP contribution is -2.54. The Morgan fingerprint density at radius 1 is 0.966 bits per heavy atom. The van der Waals surface area contributed by atoms with Crippen molar-refractivity contribution in [2.24, 2.45) is 5.92 Å². The standard InChI is InChI=1S/C21H34N2O5S/c1-16-14-23(15-17(2)28-16)29(24,25)22-9-7-18(8-10-22)5-6-19-11-20(26-3)13-21(12-19)27-4/h11-13,16-18H,5-10,14-15H2,1-4H3/t16-,17+. The molecule has 8 heteroatoms. The number of piperidine rings is 1. The Kier molecular flexibility index (Phi) is 7.42. The molecule has 0 aliphatic carbocycles. The van der Waals surface area contributed by atoms with Gasteiger partial charge in [0.05, 0.1) is 26.4 Å². The van der Waals surface area contributed by atoms with Crippen LogP contribution in [-0.2, 0) is 21.4 Å². The van der Waals surface area contributed by atoms with Crippen molar-refractivity contribution in [2.75, 3.05) is 40.4 Å². The first-order chi connectivity index (χ1) is 13.8. The molecule has 0 bridgehead atoms. The van der Waals surface area contributed by atoms with Gasteiger partial charge in [0.15, 0.2) is 0 Å². The summed E-state index contributed by atoms with van der Waals surface area (Å²) < 4.78 is 45.7. The minimum Gasteiger partial charge on any atom is -0.497 e. The molecule has 0 N–H and O–H groups in total. The zero-order valence-electron chi connectivity index (χ0n) is 18.0. The van der Waals surface area contributed by atoms with E-state index in [0.717, 1.165) is 37.2 Å². The molecule has 0 radical (unpaired) electrons. The summed E-state index contributed by atoms with van der Waals surface area (Å²) in [7, 11) is -0.0910. The first-order valence-electron chi connectivity index (χ1n) is 10.4. The molecule has 7 nitrogen and oxygen atoms in total. The number of methoxy groups -OCH3 is 2. The van der Waals surface area contributed by atoms with E-state index in [4.69, 9.17) is 14.2 Å². The Balaban J connectivity index is 1.53. The van der Waals surface area contributed by atoms with Crippen LogP contribution >= 0.6 is 0 Å². The van der Waals surface area contributed by atoms with Crippen molar-refractivity contribution in [3.8, 4) is 11.5 Å². The quantitative estimate of drug-likeness (QED) is 0.671. The van der Waals surface area contributed by atoms with Gasteiger partial charge in [-0.25, -0.2) is 0 Å². The van der Waals surface area contributed by atoms with Gasteiger partial charge in [-0.15, -0.1) is 0 Å². The van der Waals surface area contributed by atoms with Crippen LogP contribution in [0.2, 0.25) is 0 Å². The summed E-state index contributed by atoms with van der Waals surface area (Å²) in [5.41, 5.74) is 1.19. The van der Waals surface area contributed by atoms with Crippen molar-refractivity contribution in [3.05, 3.63) is 23.8 Å². The predicted molar refractivity (Wildman–Crippen MR) is 113 cm³/mol. The van der Waals surface area contributed by atoms with Gasteiger partial charge < -0.3 is 14.2 Å². The van der Waals surface area contributed by atoms with Crippen LogP contribution in [0.1, 0.15) is 38.7 Å². The number of nitrogens with zero attached hydrogens (tertiary/aromatic N) is 2. The Morgan fingerprint density at radius 2 is 1.52 bits per heavy atom. The first-order valence-corrected chi connectivity index (χ1v) is 11.8. The van der Waals surface area contributed by atoms with Crippen molar-refractivity contribution < 1.29 is 22.6 Å². The highest BCUT2D eigenvalue weighted by molar-refractivity contribution is 7.86. The Labute approximate surface area is 175 Å². The molecule has 0 saturated carbocycles. The van der Waals surface area contributed by atoms with Gasteiger partial charge in [0.25, 0.3) is 10.2 Å². The number of rotatable bonds is 7. The van der Waals surface area contributed by atoms with E-state index in [2.05, 4.69) is 0 Å². The molecule has 0 amide bonds. The molecule has 2 atom stereocenters. The van der Waals surface area contributed by atoms with E-state index in [1.165, 1.54) is 5.56 Å². The molecule has 0 unspecified atom stereocenters. The van der Waals surface area contributed by atoms with Crippen molar-refractivity contribution in [1.82, 2.24) is 8.61 Å². The van der Waals surface area contributed by atoms with Crippen LogP contribution in [0.25, 0.3) is 0 Å².